The summed E-state index contributed by atoms with van der Waals surface area (Å²) in [5, 5.41) is 6.01. The number of benzene rings is 2. The molecule has 1 amide bonds. The number of aromatic nitrogens is 2. The lowest BCUT2D eigenvalue weighted by molar-refractivity contribution is 0.102. The zero-order valence-electron chi connectivity index (χ0n) is 16.5. The summed E-state index contributed by atoms with van der Waals surface area (Å²) in [6.45, 7) is 7.93. The van der Waals surface area contributed by atoms with E-state index in [0.29, 0.717) is 17.4 Å². The van der Waals surface area contributed by atoms with Gasteiger partial charge in [-0.1, -0.05) is 18.2 Å². The third-order valence-corrected chi connectivity index (χ3v) is 3.86. The maximum Gasteiger partial charge on any atom is 0.274 e. The van der Waals surface area contributed by atoms with E-state index >= 15 is 0 Å². The number of ether oxygens (including phenoxy) is 1. The van der Waals surface area contributed by atoms with Crippen molar-refractivity contribution in [1.82, 2.24) is 9.97 Å². The first-order valence-electron chi connectivity index (χ1n) is 9.16. The quantitative estimate of drug-likeness (QED) is 0.641. The van der Waals surface area contributed by atoms with Gasteiger partial charge in [0.15, 0.2) is 0 Å². The SMILES string of the molecule is Cc1cc(C)cc(Nc2nccc(C(=O)Nc3ccccc3OC(C)C)n2)c1. The molecule has 0 fully saturated rings. The maximum atomic E-state index is 12.7. The van der Waals surface area contributed by atoms with Crippen molar-refractivity contribution in [1.29, 1.82) is 0 Å². The van der Waals surface area contributed by atoms with Crippen molar-refractivity contribution in [3.8, 4) is 5.75 Å². The van der Waals surface area contributed by atoms with Crippen LogP contribution in [0.1, 0.15) is 35.5 Å². The third-order valence-electron chi connectivity index (χ3n) is 3.86. The molecule has 6 nitrogen and oxygen atoms in total. The van der Waals surface area contributed by atoms with Crippen LogP contribution in [0.2, 0.25) is 0 Å². The van der Waals surface area contributed by atoms with Crippen LogP contribution in [-0.2, 0) is 0 Å². The lowest BCUT2D eigenvalue weighted by Gasteiger charge is -2.14. The van der Waals surface area contributed by atoms with Crippen molar-refractivity contribution < 1.29 is 9.53 Å². The van der Waals surface area contributed by atoms with Crippen LogP contribution in [0.3, 0.4) is 0 Å². The Hall–Kier alpha value is -3.41. The van der Waals surface area contributed by atoms with E-state index < -0.39 is 0 Å². The number of carbonyl (C=O) groups is 1. The number of nitrogens with zero attached hydrogens (tertiary/aromatic N) is 2. The minimum atomic E-state index is -0.328. The van der Waals surface area contributed by atoms with E-state index in [1.54, 1.807) is 18.3 Å². The Morgan fingerprint density at radius 3 is 2.46 bits per heavy atom. The van der Waals surface area contributed by atoms with Gasteiger partial charge in [-0.2, -0.15) is 0 Å². The first kappa shape index (κ1) is 19.4. The van der Waals surface area contributed by atoms with E-state index in [1.165, 1.54) is 0 Å². The molecule has 0 aliphatic carbocycles. The Labute approximate surface area is 165 Å². The molecule has 6 heteroatoms. The minimum absolute atomic E-state index is 0.00527. The van der Waals surface area contributed by atoms with Crippen LogP contribution in [0.15, 0.2) is 54.7 Å². The predicted octanol–water partition coefficient (Wildman–Crippen LogP) is 4.88. The lowest BCUT2D eigenvalue weighted by atomic mass is 10.1. The molecule has 0 atom stereocenters. The van der Waals surface area contributed by atoms with E-state index in [4.69, 9.17) is 4.74 Å². The molecule has 0 unspecified atom stereocenters. The highest BCUT2D eigenvalue weighted by Gasteiger charge is 2.13. The highest BCUT2D eigenvalue weighted by Crippen LogP contribution is 2.25. The van der Waals surface area contributed by atoms with Gasteiger partial charge in [0.25, 0.3) is 5.91 Å². The van der Waals surface area contributed by atoms with Gasteiger partial charge in [-0.3, -0.25) is 4.79 Å². The first-order valence-corrected chi connectivity index (χ1v) is 9.16. The Kier molecular flexibility index (Phi) is 5.89. The number of carbonyl (C=O) groups excluding carboxylic acids is 1. The molecule has 1 heterocycles. The number of anilines is 3. The number of rotatable bonds is 6. The summed E-state index contributed by atoms with van der Waals surface area (Å²) in [4.78, 5) is 21.2. The number of hydrogen-bond donors (Lipinski definition) is 2. The number of hydrogen-bond acceptors (Lipinski definition) is 5. The number of nitrogens with one attached hydrogen (secondary N) is 2. The minimum Gasteiger partial charge on any atom is -0.489 e. The monoisotopic (exact) mass is 376 g/mol. The molecule has 3 aromatic rings. The van der Waals surface area contributed by atoms with Gasteiger partial charge in [0.1, 0.15) is 11.4 Å². The van der Waals surface area contributed by atoms with Crippen molar-refractivity contribution in [2.75, 3.05) is 10.6 Å². The molecular weight excluding hydrogens is 352 g/mol. The topological polar surface area (TPSA) is 76.1 Å². The zero-order chi connectivity index (χ0) is 20.1. The summed E-state index contributed by atoms with van der Waals surface area (Å²) >= 11 is 0. The molecule has 144 valence electrons. The van der Waals surface area contributed by atoms with Crippen LogP contribution in [0.4, 0.5) is 17.3 Å². The second-order valence-corrected chi connectivity index (χ2v) is 6.88. The largest absolute Gasteiger partial charge is 0.489 e. The van der Waals surface area contributed by atoms with Crippen LogP contribution in [0.5, 0.6) is 5.75 Å². The molecule has 0 radical (unpaired) electrons. The molecule has 1 aromatic heterocycles. The standard InChI is InChI=1S/C22H24N4O2/c1-14(2)28-20-8-6-5-7-18(20)25-21(27)19-9-10-23-22(26-19)24-17-12-15(3)11-16(4)13-17/h5-14H,1-4H3,(H,25,27)(H,23,24,26). The van der Waals surface area contributed by atoms with E-state index in [0.717, 1.165) is 16.8 Å². The van der Waals surface area contributed by atoms with Gasteiger partial charge in [0, 0.05) is 11.9 Å². The Morgan fingerprint density at radius 1 is 1.04 bits per heavy atom. The molecule has 28 heavy (non-hydrogen) atoms. The van der Waals surface area contributed by atoms with Gasteiger partial charge >= 0.3 is 0 Å². The molecule has 0 aliphatic rings. The molecule has 2 N–H and O–H groups in total. The summed E-state index contributed by atoms with van der Waals surface area (Å²) in [7, 11) is 0. The number of aryl methyl sites for hydroxylation is 2. The second-order valence-electron chi connectivity index (χ2n) is 6.88. The highest BCUT2D eigenvalue weighted by atomic mass is 16.5. The Bertz CT molecular complexity index is 966. The normalized spacial score (nSPS) is 10.6. The van der Waals surface area contributed by atoms with Gasteiger partial charge in [0.05, 0.1) is 11.8 Å². The maximum absolute atomic E-state index is 12.7. The smallest absolute Gasteiger partial charge is 0.274 e. The van der Waals surface area contributed by atoms with E-state index in [-0.39, 0.29) is 17.7 Å². The summed E-state index contributed by atoms with van der Waals surface area (Å²) in [5.74, 6) is 0.656. The number of para-hydroxylation sites is 2. The fourth-order valence-corrected chi connectivity index (χ4v) is 2.83. The summed E-state index contributed by atoms with van der Waals surface area (Å²) < 4.78 is 5.75. The second kappa shape index (κ2) is 8.52. The van der Waals surface area contributed by atoms with Crippen molar-refractivity contribution >= 4 is 23.2 Å². The van der Waals surface area contributed by atoms with Crippen molar-refractivity contribution in [3.05, 3.63) is 71.5 Å². The fraction of sp³-hybridized carbons (Fsp3) is 0.227. The molecule has 0 saturated carbocycles. The molecule has 3 rings (SSSR count). The molecule has 0 spiro atoms. The first-order chi connectivity index (χ1) is 13.4. The van der Waals surface area contributed by atoms with E-state index in [9.17, 15) is 4.79 Å². The van der Waals surface area contributed by atoms with Gasteiger partial charge in [-0.25, -0.2) is 9.97 Å². The van der Waals surface area contributed by atoms with Crippen molar-refractivity contribution in [2.45, 2.75) is 33.8 Å². The van der Waals surface area contributed by atoms with Crippen LogP contribution in [-0.4, -0.2) is 22.0 Å². The Morgan fingerprint density at radius 2 is 1.75 bits per heavy atom. The molecule has 0 bridgehead atoms. The van der Waals surface area contributed by atoms with Crippen LogP contribution in [0, 0.1) is 13.8 Å². The molecule has 0 saturated heterocycles. The average Bonchev–Trinajstić information content (AvgIpc) is 2.62. The van der Waals surface area contributed by atoms with Crippen LogP contribution < -0.4 is 15.4 Å². The van der Waals surface area contributed by atoms with Crippen molar-refractivity contribution in [2.24, 2.45) is 0 Å². The predicted molar refractivity (Wildman–Crippen MR) is 111 cm³/mol. The Balaban J connectivity index is 1.78. The summed E-state index contributed by atoms with van der Waals surface area (Å²) in [6, 6.07) is 15.0. The van der Waals surface area contributed by atoms with Gasteiger partial charge < -0.3 is 15.4 Å². The highest BCUT2D eigenvalue weighted by molar-refractivity contribution is 6.03. The molecule has 2 aromatic carbocycles. The van der Waals surface area contributed by atoms with Crippen molar-refractivity contribution in [3.63, 3.8) is 0 Å². The van der Waals surface area contributed by atoms with Gasteiger partial charge in [-0.05, 0) is 69.2 Å². The summed E-state index contributed by atoms with van der Waals surface area (Å²) in [6.07, 6.45) is 1.56. The average molecular weight is 376 g/mol. The third kappa shape index (κ3) is 5.07. The lowest BCUT2D eigenvalue weighted by Crippen LogP contribution is -2.16. The van der Waals surface area contributed by atoms with Crippen LogP contribution >= 0.6 is 0 Å². The van der Waals surface area contributed by atoms with Crippen LogP contribution in [0.25, 0.3) is 0 Å². The zero-order valence-corrected chi connectivity index (χ0v) is 16.5. The number of amides is 1. The van der Waals surface area contributed by atoms with Gasteiger partial charge in [-0.15, -0.1) is 0 Å². The molecule has 0 aliphatic heterocycles. The van der Waals surface area contributed by atoms with E-state index in [2.05, 4.69) is 26.7 Å². The summed E-state index contributed by atoms with van der Waals surface area (Å²) in [5.41, 5.74) is 4.02. The van der Waals surface area contributed by atoms with E-state index in [1.807, 2.05) is 58.0 Å². The molecular formula is C22H24N4O2. The fourth-order valence-electron chi connectivity index (χ4n) is 2.83. The van der Waals surface area contributed by atoms with Gasteiger partial charge in [0.2, 0.25) is 5.95 Å².